The zero-order chi connectivity index (χ0) is 20.9. The van der Waals surface area contributed by atoms with Crippen molar-refractivity contribution in [1.29, 1.82) is 5.26 Å². The standard InChI is InChI=1S/C24H15N3O3/c1-2-12-29-24(28)17-7-5-6-16(13-17)22-11-10-19(30-22)14-18(15-25)23-26-20-8-3-4-9-21(20)27-23/h1,3-11,13-14H,12H2,(H,26,27)/b18-14-. The zero-order valence-electron chi connectivity index (χ0n) is 15.8. The van der Waals surface area contributed by atoms with Gasteiger partial charge in [-0.3, -0.25) is 0 Å². The van der Waals surface area contributed by atoms with Gasteiger partial charge in [0.25, 0.3) is 0 Å². The third-order valence-electron chi connectivity index (χ3n) is 4.35. The zero-order valence-corrected chi connectivity index (χ0v) is 15.8. The van der Waals surface area contributed by atoms with Gasteiger partial charge in [-0.25, -0.2) is 9.78 Å². The predicted molar refractivity (Wildman–Crippen MR) is 113 cm³/mol. The summed E-state index contributed by atoms with van der Waals surface area (Å²) < 4.78 is 10.8. The number of fused-ring (bicyclic) bond motifs is 1. The summed E-state index contributed by atoms with van der Waals surface area (Å²) in [5.41, 5.74) is 3.05. The number of nitrogens with one attached hydrogen (secondary N) is 1. The molecule has 0 fully saturated rings. The molecule has 0 aliphatic rings. The van der Waals surface area contributed by atoms with Crippen molar-refractivity contribution < 1.29 is 13.9 Å². The van der Waals surface area contributed by atoms with Gasteiger partial charge in [-0.05, 0) is 36.4 Å². The molecule has 1 N–H and O–H groups in total. The smallest absolute Gasteiger partial charge is 0.339 e. The molecule has 144 valence electrons. The lowest BCUT2D eigenvalue weighted by Gasteiger charge is -2.03. The molecule has 0 aliphatic carbocycles. The molecule has 0 saturated heterocycles. The van der Waals surface area contributed by atoms with Crippen molar-refractivity contribution in [2.45, 2.75) is 0 Å². The second-order valence-electron chi connectivity index (χ2n) is 6.34. The number of nitriles is 1. The highest BCUT2D eigenvalue weighted by Gasteiger charge is 2.12. The van der Waals surface area contributed by atoms with E-state index in [-0.39, 0.29) is 6.61 Å². The number of aromatic amines is 1. The number of hydrogen-bond acceptors (Lipinski definition) is 5. The Hall–Kier alpha value is -4.55. The van der Waals surface area contributed by atoms with Gasteiger partial charge in [-0.15, -0.1) is 6.42 Å². The average Bonchev–Trinajstić information content (AvgIpc) is 3.42. The minimum Gasteiger partial charge on any atom is -0.457 e. The Morgan fingerprint density at radius 2 is 2.07 bits per heavy atom. The molecule has 4 aromatic rings. The fourth-order valence-corrected chi connectivity index (χ4v) is 2.95. The van der Waals surface area contributed by atoms with Crippen LogP contribution in [0, 0.1) is 23.7 Å². The van der Waals surface area contributed by atoms with Crippen LogP contribution in [-0.2, 0) is 4.74 Å². The third-order valence-corrected chi connectivity index (χ3v) is 4.35. The molecule has 0 unspecified atom stereocenters. The number of allylic oxidation sites excluding steroid dienone is 1. The number of hydrogen-bond donors (Lipinski definition) is 1. The van der Waals surface area contributed by atoms with Gasteiger partial charge in [0.1, 0.15) is 23.4 Å². The number of rotatable bonds is 5. The number of carbonyl (C=O) groups excluding carboxylic acids is 1. The molecule has 2 heterocycles. The second-order valence-corrected chi connectivity index (χ2v) is 6.34. The minimum atomic E-state index is -0.502. The quantitative estimate of drug-likeness (QED) is 0.302. The maximum Gasteiger partial charge on any atom is 0.339 e. The number of esters is 1. The van der Waals surface area contributed by atoms with Crippen molar-refractivity contribution in [2.24, 2.45) is 0 Å². The highest BCUT2D eigenvalue weighted by molar-refractivity contribution is 5.91. The first-order chi connectivity index (χ1) is 14.7. The normalized spacial score (nSPS) is 11.1. The Morgan fingerprint density at radius 1 is 1.20 bits per heavy atom. The van der Waals surface area contributed by atoms with Crippen LogP contribution in [0.25, 0.3) is 34.0 Å². The van der Waals surface area contributed by atoms with E-state index in [2.05, 4.69) is 22.0 Å². The van der Waals surface area contributed by atoms with E-state index in [9.17, 15) is 10.1 Å². The molecule has 0 spiro atoms. The van der Waals surface area contributed by atoms with Crippen LogP contribution in [0.1, 0.15) is 21.9 Å². The van der Waals surface area contributed by atoms with Crippen LogP contribution in [0.4, 0.5) is 0 Å². The van der Waals surface area contributed by atoms with Gasteiger partial charge < -0.3 is 14.1 Å². The van der Waals surface area contributed by atoms with Crippen LogP contribution in [0.5, 0.6) is 0 Å². The molecule has 0 aliphatic heterocycles. The van der Waals surface area contributed by atoms with Gasteiger partial charge in [0, 0.05) is 11.6 Å². The summed E-state index contributed by atoms with van der Waals surface area (Å²) in [6.07, 6.45) is 6.73. The lowest BCUT2D eigenvalue weighted by atomic mass is 10.1. The van der Waals surface area contributed by atoms with Crippen LogP contribution in [-0.4, -0.2) is 22.5 Å². The van der Waals surface area contributed by atoms with E-state index in [1.54, 1.807) is 36.4 Å². The Morgan fingerprint density at radius 3 is 2.87 bits per heavy atom. The molecular formula is C24H15N3O3. The van der Waals surface area contributed by atoms with E-state index >= 15 is 0 Å². The van der Waals surface area contributed by atoms with Crippen molar-refractivity contribution in [3.8, 4) is 29.7 Å². The number of carbonyl (C=O) groups is 1. The van der Waals surface area contributed by atoms with E-state index in [4.69, 9.17) is 15.6 Å². The van der Waals surface area contributed by atoms with Crippen molar-refractivity contribution in [3.05, 3.63) is 77.8 Å². The fraction of sp³-hybridized carbons (Fsp3) is 0.0417. The molecule has 0 bridgehead atoms. The SMILES string of the molecule is C#CCOC(=O)c1cccc(-c2ccc(/C=C(/C#N)c3nc4ccccc4[nH]3)o2)c1. The van der Waals surface area contributed by atoms with Gasteiger partial charge in [0.2, 0.25) is 0 Å². The van der Waals surface area contributed by atoms with Crippen LogP contribution in [0.2, 0.25) is 0 Å². The summed E-state index contributed by atoms with van der Waals surface area (Å²) in [4.78, 5) is 19.6. The van der Waals surface area contributed by atoms with Crippen LogP contribution in [0.3, 0.4) is 0 Å². The average molecular weight is 393 g/mol. The Balaban J connectivity index is 1.61. The number of benzene rings is 2. The summed E-state index contributed by atoms with van der Waals surface area (Å²) in [5.74, 6) is 3.27. The molecular weight excluding hydrogens is 378 g/mol. The Kier molecular flexibility index (Phi) is 5.15. The summed E-state index contributed by atoms with van der Waals surface area (Å²) in [5, 5.41) is 9.57. The monoisotopic (exact) mass is 393 g/mol. The molecule has 0 saturated carbocycles. The van der Waals surface area contributed by atoms with Crippen molar-refractivity contribution in [1.82, 2.24) is 9.97 Å². The molecule has 6 nitrogen and oxygen atoms in total. The topological polar surface area (TPSA) is 91.9 Å². The number of aromatic nitrogens is 2. The molecule has 6 heteroatoms. The minimum absolute atomic E-state index is 0.0858. The molecule has 30 heavy (non-hydrogen) atoms. The highest BCUT2D eigenvalue weighted by Crippen LogP contribution is 2.26. The number of terminal acetylenes is 1. The largest absolute Gasteiger partial charge is 0.457 e. The van der Waals surface area contributed by atoms with Crippen molar-refractivity contribution in [3.63, 3.8) is 0 Å². The summed E-state index contributed by atoms with van der Waals surface area (Å²) in [6, 6.07) is 20.1. The lowest BCUT2D eigenvalue weighted by molar-refractivity contribution is 0.0557. The molecule has 0 amide bonds. The summed E-state index contributed by atoms with van der Waals surface area (Å²) >= 11 is 0. The Bertz CT molecular complexity index is 1310. The van der Waals surface area contributed by atoms with E-state index in [1.165, 1.54) is 0 Å². The number of imidazole rings is 1. The van der Waals surface area contributed by atoms with Crippen molar-refractivity contribution >= 4 is 28.7 Å². The first-order valence-electron chi connectivity index (χ1n) is 9.05. The van der Waals surface area contributed by atoms with E-state index < -0.39 is 5.97 Å². The van der Waals surface area contributed by atoms with Crippen LogP contribution >= 0.6 is 0 Å². The first kappa shape index (κ1) is 18.8. The maximum absolute atomic E-state index is 12.0. The van der Waals surface area contributed by atoms with Gasteiger partial charge in [-0.1, -0.05) is 30.2 Å². The fourth-order valence-electron chi connectivity index (χ4n) is 2.95. The van der Waals surface area contributed by atoms with E-state index in [0.717, 1.165) is 11.0 Å². The predicted octanol–water partition coefficient (Wildman–Crippen LogP) is 4.68. The molecule has 0 radical (unpaired) electrons. The maximum atomic E-state index is 12.0. The number of H-pyrrole nitrogens is 1. The first-order valence-corrected chi connectivity index (χ1v) is 9.05. The van der Waals surface area contributed by atoms with Crippen LogP contribution < -0.4 is 0 Å². The Labute approximate surface area is 172 Å². The van der Waals surface area contributed by atoms with E-state index in [0.29, 0.717) is 34.0 Å². The van der Waals surface area contributed by atoms with Crippen LogP contribution in [0.15, 0.2) is 65.1 Å². The molecule has 2 aromatic heterocycles. The highest BCUT2D eigenvalue weighted by atomic mass is 16.5. The van der Waals surface area contributed by atoms with E-state index in [1.807, 2.05) is 30.3 Å². The summed E-state index contributed by atoms with van der Waals surface area (Å²) in [6.45, 7) is -0.0858. The van der Waals surface area contributed by atoms with Gasteiger partial charge in [0.05, 0.1) is 22.2 Å². The second kappa shape index (κ2) is 8.22. The van der Waals surface area contributed by atoms with Gasteiger partial charge in [-0.2, -0.15) is 5.26 Å². The number of ether oxygens (including phenoxy) is 1. The number of nitrogens with zero attached hydrogens (tertiary/aromatic N) is 2. The van der Waals surface area contributed by atoms with Crippen molar-refractivity contribution in [2.75, 3.05) is 6.61 Å². The number of furan rings is 1. The van der Waals surface area contributed by atoms with Gasteiger partial charge in [0.15, 0.2) is 6.61 Å². The number of para-hydroxylation sites is 2. The van der Waals surface area contributed by atoms with Gasteiger partial charge >= 0.3 is 5.97 Å². The summed E-state index contributed by atoms with van der Waals surface area (Å²) in [7, 11) is 0. The molecule has 2 aromatic carbocycles. The molecule has 4 rings (SSSR count). The lowest BCUT2D eigenvalue weighted by Crippen LogP contribution is -2.05. The molecule has 0 atom stereocenters. The third kappa shape index (κ3) is 3.84.